The van der Waals surface area contributed by atoms with Crippen LogP contribution in [0.3, 0.4) is 0 Å². The molecule has 0 aliphatic carbocycles. The highest BCUT2D eigenvalue weighted by molar-refractivity contribution is 9.10. The first kappa shape index (κ1) is 15.0. The number of amides is 1. The van der Waals surface area contributed by atoms with Gasteiger partial charge in [0.05, 0.1) is 10.5 Å². The summed E-state index contributed by atoms with van der Waals surface area (Å²) in [6.45, 7) is 0.270. The Kier molecular flexibility index (Phi) is 4.54. The lowest BCUT2D eigenvalue weighted by Gasteiger charge is -2.08. The Balaban J connectivity index is 2.02. The van der Waals surface area contributed by atoms with Crippen molar-refractivity contribution in [1.82, 2.24) is 5.32 Å². The Morgan fingerprint density at radius 3 is 2.48 bits per heavy atom. The Labute approximate surface area is 129 Å². The zero-order valence-corrected chi connectivity index (χ0v) is 12.5. The van der Waals surface area contributed by atoms with Gasteiger partial charge in [-0.15, -0.1) is 0 Å². The van der Waals surface area contributed by atoms with Crippen molar-refractivity contribution in [3.63, 3.8) is 0 Å². The van der Waals surface area contributed by atoms with Gasteiger partial charge in [0.15, 0.2) is 0 Å². The van der Waals surface area contributed by atoms with Crippen LogP contribution >= 0.6 is 15.9 Å². The van der Waals surface area contributed by atoms with Gasteiger partial charge >= 0.3 is 0 Å². The number of hydrogen-bond donors (Lipinski definition) is 2. The summed E-state index contributed by atoms with van der Waals surface area (Å²) >= 11 is 3.27. The number of hydrogen-bond acceptors (Lipinski definition) is 4. The molecular formula is C14H12BrN3O3. The van der Waals surface area contributed by atoms with Gasteiger partial charge in [0.2, 0.25) is 0 Å². The zero-order valence-electron chi connectivity index (χ0n) is 10.9. The first-order valence-corrected chi connectivity index (χ1v) is 6.83. The lowest BCUT2D eigenvalue weighted by molar-refractivity contribution is -0.384. The number of nitrogens with two attached hydrogens (primary N) is 1. The minimum atomic E-state index is -0.467. The third-order valence-electron chi connectivity index (χ3n) is 2.86. The second kappa shape index (κ2) is 6.36. The SMILES string of the molecule is Nc1cc(Br)ccc1C(=O)NCc1ccc([N+](=O)[O-])cc1. The Morgan fingerprint density at radius 1 is 1.24 bits per heavy atom. The van der Waals surface area contributed by atoms with Gasteiger partial charge in [-0.2, -0.15) is 0 Å². The number of nitrogen functional groups attached to an aromatic ring is 1. The molecule has 2 aromatic rings. The highest BCUT2D eigenvalue weighted by atomic mass is 79.9. The third kappa shape index (κ3) is 3.79. The minimum absolute atomic E-state index is 0.0160. The van der Waals surface area contributed by atoms with Crippen molar-refractivity contribution in [2.24, 2.45) is 0 Å². The number of anilines is 1. The molecule has 0 aliphatic heterocycles. The lowest BCUT2D eigenvalue weighted by atomic mass is 10.1. The molecule has 2 aromatic carbocycles. The maximum atomic E-state index is 12.0. The van der Waals surface area contributed by atoms with Gasteiger partial charge in [-0.3, -0.25) is 14.9 Å². The monoisotopic (exact) mass is 349 g/mol. The van der Waals surface area contributed by atoms with E-state index >= 15 is 0 Å². The smallest absolute Gasteiger partial charge is 0.269 e. The van der Waals surface area contributed by atoms with Crippen LogP contribution in [0, 0.1) is 10.1 Å². The number of carbonyl (C=O) groups is 1. The summed E-state index contributed by atoms with van der Waals surface area (Å²) in [5.41, 5.74) is 7.33. The molecule has 0 radical (unpaired) electrons. The van der Waals surface area contributed by atoms with Gasteiger partial charge in [-0.1, -0.05) is 28.1 Å². The van der Waals surface area contributed by atoms with Gasteiger partial charge in [-0.05, 0) is 23.8 Å². The lowest BCUT2D eigenvalue weighted by Crippen LogP contribution is -2.23. The van der Waals surface area contributed by atoms with Gasteiger partial charge in [0, 0.05) is 28.8 Å². The van der Waals surface area contributed by atoms with Crippen LogP contribution in [0.25, 0.3) is 0 Å². The summed E-state index contributed by atoms with van der Waals surface area (Å²) in [4.78, 5) is 22.1. The Morgan fingerprint density at radius 2 is 1.90 bits per heavy atom. The molecule has 21 heavy (non-hydrogen) atoms. The highest BCUT2D eigenvalue weighted by Gasteiger charge is 2.10. The van der Waals surface area contributed by atoms with E-state index in [4.69, 9.17) is 5.73 Å². The van der Waals surface area contributed by atoms with Crippen molar-refractivity contribution < 1.29 is 9.72 Å². The highest BCUT2D eigenvalue weighted by Crippen LogP contribution is 2.18. The summed E-state index contributed by atoms with van der Waals surface area (Å²) in [7, 11) is 0. The molecule has 108 valence electrons. The number of halogens is 1. The van der Waals surface area contributed by atoms with E-state index < -0.39 is 4.92 Å². The molecule has 0 heterocycles. The van der Waals surface area contributed by atoms with Crippen LogP contribution in [-0.4, -0.2) is 10.8 Å². The molecule has 0 saturated heterocycles. The average Bonchev–Trinajstić information content (AvgIpc) is 2.45. The number of rotatable bonds is 4. The number of carbonyl (C=O) groups excluding carboxylic acids is 1. The summed E-state index contributed by atoms with van der Waals surface area (Å²) in [5.74, 6) is -0.293. The Hall–Kier alpha value is -2.41. The number of nitro benzene ring substituents is 1. The molecule has 3 N–H and O–H groups in total. The molecule has 2 rings (SSSR count). The largest absolute Gasteiger partial charge is 0.398 e. The summed E-state index contributed by atoms with van der Waals surface area (Å²) in [5, 5.41) is 13.3. The van der Waals surface area contributed by atoms with E-state index in [0.717, 1.165) is 10.0 Å². The van der Waals surface area contributed by atoms with Gasteiger partial charge in [-0.25, -0.2) is 0 Å². The molecule has 0 bridgehead atoms. The maximum absolute atomic E-state index is 12.0. The van der Waals surface area contributed by atoms with E-state index in [-0.39, 0.29) is 18.1 Å². The normalized spacial score (nSPS) is 10.1. The van der Waals surface area contributed by atoms with Crippen molar-refractivity contribution in [2.75, 3.05) is 5.73 Å². The summed E-state index contributed by atoms with van der Waals surface area (Å²) < 4.78 is 0.798. The van der Waals surface area contributed by atoms with Crippen LogP contribution in [-0.2, 0) is 6.54 Å². The Bertz CT molecular complexity index is 686. The number of benzene rings is 2. The molecule has 0 saturated carbocycles. The molecule has 6 nitrogen and oxygen atoms in total. The first-order chi connectivity index (χ1) is 9.97. The number of non-ortho nitro benzene ring substituents is 1. The van der Waals surface area contributed by atoms with Crippen LogP contribution < -0.4 is 11.1 Å². The van der Waals surface area contributed by atoms with Crippen molar-refractivity contribution in [1.29, 1.82) is 0 Å². The van der Waals surface area contributed by atoms with Crippen molar-refractivity contribution in [3.8, 4) is 0 Å². The fraction of sp³-hybridized carbons (Fsp3) is 0.0714. The topological polar surface area (TPSA) is 98.3 Å². The van der Waals surface area contributed by atoms with E-state index in [1.807, 2.05) is 0 Å². The molecule has 0 atom stereocenters. The van der Waals surface area contributed by atoms with E-state index in [9.17, 15) is 14.9 Å². The third-order valence-corrected chi connectivity index (χ3v) is 3.35. The number of nitrogens with one attached hydrogen (secondary N) is 1. The molecule has 1 amide bonds. The maximum Gasteiger partial charge on any atom is 0.269 e. The fourth-order valence-corrected chi connectivity index (χ4v) is 2.13. The fourth-order valence-electron chi connectivity index (χ4n) is 1.75. The van der Waals surface area contributed by atoms with Crippen LogP contribution in [0.4, 0.5) is 11.4 Å². The average molecular weight is 350 g/mol. The second-order valence-corrected chi connectivity index (χ2v) is 5.25. The predicted molar refractivity (Wildman–Crippen MR) is 82.8 cm³/mol. The van der Waals surface area contributed by atoms with Crippen LogP contribution in [0.2, 0.25) is 0 Å². The molecular weight excluding hydrogens is 338 g/mol. The van der Waals surface area contributed by atoms with Crippen LogP contribution in [0.15, 0.2) is 46.9 Å². The van der Waals surface area contributed by atoms with Crippen molar-refractivity contribution in [3.05, 3.63) is 68.2 Å². The van der Waals surface area contributed by atoms with Gasteiger partial charge in [0.25, 0.3) is 11.6 Å². The van der Waals surface area contributed by atoms with Gasteiger partial charge < -0.3 is 11.1 Å². The molecule has 0 aliphatic rings. The van der Waals surface area contributed by atoms with E-state index in [0.29, 0.717) is 11.3 Å². The summed E-state index contributed by atoms with van der Waals surface area (Å²) in [6, 6.07) is 11.0. The molecule has 0 spiro atoms. The van der Waals surface area contributed by atoms with Gasteiger partial charge in [0.1, 0.15) is 0 Å². The first-order valence-electron chi connectivity index (χ1n) is 6.04. The number of nitro groups is 1. The van der Waals surface area contributed by atoms with E-state index in [1.165, 1.54) is 12.1 Å². The standard InChI is InChI=1S/C14H12BrN3O3/c15-10-3-6-12(13(16)7-10)14(19)17-8-9-1-4-11(5-2-9)18(20)21/h1-7H,8,16H2,(H,17,19). The molecule has 0 aromatic heterocycles. The van der Waals surface area contributed by atoms with Crippen molar-refractivity contribution in [2.45, 2.75) is 6.54 Å². The predicted octanol–water partition coefficient (Wildman–Crippen LogP) is 2.87. The van der Waals surface area contributed by atoms with Crippen LogP contribution in [0.5, 0.6) is 0 Å². The van der Waals surface area contributed by atoms with E-state index in [1.54, 1.807) is 30.3 Å². The molecule has 0 unspecified atom stereocenters. The second-order valence-electron chi connectivity index (χ2n) is 4.34. The molecule has 7 heteroatoms. The summed E-state index contributed by atoms with van der Waals surface area (Å²) in [6.07, 6.45) is 0. The quantitative estimate of drug-likeness (QED) is 0.503. The molecule has 0 fully saturated rings. The van der Waals surface area contributed by atoms with Crippen LogP contribution in [0.1, 0.15) is 15.9 Å². The van der Waals surface area contributed by atoms with E-state index in [2.05, 4.69) is 21.2 Å². The zero-order chi connectivity index (χ0) is 15.4. The van der Waals surface area contributed by atoms with Crippen molar-refractivity contribution >= 4 is 33.2 Å². The number of nitrogens with zero attached hydrogens (tertiary/aromatic N) is 1. The minimum Gasteiger partial charge on any atom is -0.398 e.